The van der Waals surface area contributed by atoms with Crippen LogP contribution in [0.5, 0.6) is 0 Å². The SMILES string of the molecule is CN(Cc1nccn1C)C(=O)c1cccc(CN)c1. The van der Waals surface area contributed by atoms with Gasteiger partial charge in [0.1, 0.15) is 5.82 Å². The van der Waals surface area contributed by atoms with Gasteiger partial charge in [-0.2, -0.15) is 0 Å². The molecule has 0 radical (unpaired) electrons. The molecule has 0 aliphatic heterocycles. The Kier molecular flexibility index (Phi) is 3.97. The highest BCUT2D eigenvalue weighted by Crippen LogP contribution is 2.09. The molecular weight excluding hydrogens is 240 g/mol. The monoisotopic (exact) mass is 258 g/mol. The standard InChI is InChI=1S/C14H18N4O/c1-17-7-6-16-13(17)10-18(2)14(19)12-5-3-4-11(8-12)9-15/h3-8H,9-10,15H2,1-2H3. The Morgan fingerprint density at radius 3 is 2.89 bits per heavy atom. The Balaban J connectivity index is 2.12. The van der Waals surface area contributed by atoms with Crippen LogP contribution in [-0.2, 0) is 20.1 Å². The van der Waals surface area contributed by atoms with Gasteiger partial charge in [0.2, 0.25) is 0 Å². The van der Waals surface area contributed by atoms with Gasteiger partial charge in [0.05, 0.1) is 6.54 Å². The van der Waals surface area contributed by atoms with Crippen molar-refractivity contribution in [2.45, 2.75) is 13.1 Å². The molecular formula is C14H18N4O. The van der Waals surface area contributed by atoms with Crippen molar-refractivity contribution in [3.05, 3.63) is 53.6 Å². The van der Waals surface area contributed by atoms with Crippen molar-refractivity contribution in [3.8, 4) is 0 Å². The van der Waals surface area contributed by atoms with Crippen LogP contribution >= 0.6 is 0 Å². The second-order valence-electron chi connectivity index (χ2n) is 4.52. The molecule has 5 heteroatoms. The molecule has 100 valence electrons. The van der Waals surface area contributed by atoms with E-state index < -0.39 is 0 Å². The van der Waals surface area contributed by atoms with Crippen molar-refractivity contribution in [3.63, 3.8) is 0 Å². The molecule has 0 aliphatic carbocycles. The molecule has 0 bridgehead atoms. The molecule has 0 saturated carbocycles. The minimum atomic E-state index is -0.0294. The highest BCUT2D eigenvalue weighted by Gasteiger charge is 2.13. The molecule has 2 N–H and O–H groups in total. The lowest BCUT2D eigenvalue weighted by Gasteiger charge is -2.17. The predicted octanol–water partition coefficient (Wildman–Crippen LogP) is 1.15. The third kappa shape index (κ3) is 3.00. The zero-order valence-corrected chi connectivity index (χ0v) is 11.2. The molecule has 0 fully saturated rings. The van der Waals surface area contributed by atoms with Crippen LogP contribution in [0.3, 0.4) is 0 Å². The molecule has 1 aromatic carbocycles. The Bertz CT molecular complexity index is 576. The fourth-order valence-corrected chi connectivity index (χ4v) is 1.88. The molecule has 0 atom stereocenters. The van der Waals surface area contributed by atoms with E-state index in [1.165, 1.54) is 0 Å². The number of nitrogens with two attached hydrogens (primary N) is 1. The smallest absolute Gasteiger partial charge is 0.254 e. The van der Waals surface area contributed by atoms with E-state index in [0.717, 1.165) is 11.4 Å². The number of hydrogen-bond acceptors (Lipinski definition) is 3. The zero-order valence-electron chi connectivity index (χ0n) is 11.2. The van der Waals surface area contributed by atoms with Gasteiger partial charge < -0.3 is 15.2 Å². The van der Waals surface area contributed by atoms with Crippen LogP contribution in [-0.4, -0.2) is 27.4 Å². The number of amides is 1. The Morgan fingerprint density at radius 1 is 1.47 bits per heavy atom. The topological polar surface area (TPSA) is 64.2 Å². The fourth-order valence-electron chi connectivity index (χ4n) is 1.88. The highest BCUT2D eigenvalue weighted by atomic mass is 16.2. The van der Waals surface area contributed by atoms with Crippen LogP contribution < -0.4 is 5.73 Å². The van der Waals surface area contributed by atoms with E-state index in [0.29, 0.717) is 18.7 Å². The molecule has 19 heavy (non-hydrogen) atoms. The summed E-state index contributed by atoms with van der Waals surface area (Å²) in [6.45, 7) is 0.916. The molecule has 0 aliphatic rings. The summed E-state index contributed by atoms with van der Waals surface area (Å²) in [4.78, 5) is 18.2. The van der Waals surface area contributed by atoms with Crippen LogP contribution in [0.4, 0.5) is 0 Å². The van der Waals surface area contributed by atoms with Crippen molar-refractivity contribution in [2.75, 3.05) is 7.05 Å². The van der Waals surface area contributed by atoms with Crippen molar-refractivity contribution in [1.82, 2.24) is 14.5 Å². The fraction of sp³-hybridized carbons (Fsp3) is 0.286. The largest absolute Gasteiger partial charge is 0.337 e. The normalized spacial score (nSPS) is 10.5. The first kappa shape index (κ1) is 13.3. The van der Waals surface area contributed by atoms with E-state index in [-0.39, 0.29) is 5.91 Å². The van der Waals surface area contributed by atoms with Gasteiger partial charge in [-0.05, 0) is 17.7 Å². The Labute approximate surface area is 112 Å². The number of benzene rings is 1. The second-order valence-corrected chi connectivity index (χ2v) is 4.52. The minimum Gasteiger partial charge on any atom is -0.337 e. The lowest BCUT2D eigenvalue weighted by Crippen LogP contribution is -2.27. The van der Waals surface area contributed by atoms with E-state index in [9.17, 15) is 4.79 Å². The number of carbonyl (C=O) groups is 1. The summed E-state index contributed by atoms with van der Waals surface area (Å²) in [5.74, 6) is 0.823. The van der Waals surface area contributed by atoms with Crippen molar-refractivity contribution in [2.24, 2.45) is 12.8 Å². The van der Waals surface area contributed by atoms with Crippen molar-refractivity contribution >= 4 is 5.91 Å². The van der Waals surface area contributed by atoms with E-state index in [2.05, 4.69) is 4.98 Å². The van der Waals surface area contributed by atoms with Crippen LogP contribution in [0.25, 0.3) is 0 Å². The van der Waals surface area contributed by atoms with Crippen LogP contribution in [0, 0.1) is 0 Å². The number of hydrogen-bond donors (Lipinski definition) is 1. The summed E-state index contributed by atoms with van der Waals surface area (Å²) in [7, 11) is 3.68. The third-order valence-corrected chi connectivity index (χ3v) is 3.06. The van der Waals surface area contributed by atoms with Crippen LogP contribution in [0.15, 0.2) is 36.7 Å². The number of rotatable bonds is 4. The average Bonchev–Trinajstić information content (AvgIpc) is 2.83. The molecule has 2 rings (SSSR count). The summed E-state index contributed by atoms with van der Waals surface area (Å²) in [5, 5.41) is 0. The summed E-state index contributed by atoms with van der Waals surface area (Å²) < 4.78 is 1.90. The van der Waals surface area contributed by atoms with Gasteiger partial charge in [-0.15, -0.1) is 0 Å². The molecule has 1 amide bonds. The van der Waals surface area contributed by atoms with Gasteiger partial charge in [0.25, 0.3) is 5.91 Å². The maximum atomic E-state index is 12.3. The summed E-state index contributed by atoms with van der Waals surface area (Å²) >= 11 is 0. The molecule has 0 spiro atoms. The molecule has 2 aromatic rings. The molecule has 5 nitrogen and oxygen atoms in total. The molecule has 0 unspecified atom stereocenters. The lowest BCUT2D eigenvalue weighted by molar-refractivity contribution is 0.0780. The maximum absolute atomic E-state index is 12.3. The van der Waals surface area contributed by atoms with Gasteiger partial charge in [-0.1, -0.05) is 12.1 Å². The van der Waals surface area contributed by atoms with Gasteiger partial charge >= 0.3 is 0 Å². The first-order valence-electron chi connectivity index (χ1n) is 6.12. The number of aromatic nitrogens is 2. The van der Waals surface area contributed by atoms with Gasteiger partial charge in [-0.25, -0.2) is 4.98 Å². The zero-order chi connectivity index (χ0) is 13.8. The average molecular weight is 258 g/mol. The van der Waals surface area contributed by atoms with Crippen molar-refractivity contribution < 1.29 is 4.79 Å². The predicted molar refractivity (Wildman–Crippen MR) is 73.3 cm³/mol. The van der Waals surface area contributed by atoms with E-state index in [1.807, 2.05) is 36.0 Å². The lowest BCUT2D eigenvalue weighted by atomic mass is 10.1. The summed E-state index contributed by atoms with van der Waals surface area (Å²) in [6.07, 6.45) is 3.59. The highest BCUT2D eigenvalue weighted by molar-refractivity contribution is 5.94. The minimum absolute atomic E-state index is 0.0294. The van der Waals surface area contributed by atoms with E-state index in [1.54, 1.807) is 24.2 Å². The van der Waals surface area contributed by atoms with Crippen molar-refractivity contribution in [1.29, 1.82) is 0 Å². The third-order valence-electron chi connectivity index (χ3n) is 3.06. The number of aryl methyl sites for hydroxylation is 1. The van der Waals surface area contributed by atoms with Crippen LogP contribution in [0.2, 0.25) is 0 Å². The maximum Gasteiger partial charge on any atom is 0.254 e. The first-order chi connectivity index (χ1) is 9.11. The van der Waals surface area contributed by atoms with E-state index >= 15 is 0 Å². The Morgan fingerprint density at radius 2 is 2.26 bits per heavy atom. The summed E-state index contributed by atoms with van der Waals surface area (Å²) in [5.41, 5.74) is 7.19. The first-order valence-corrected chi connectivity index (χ1v) is 6.12. The Hall–Kier alpha value is -2.14. The molecule has 1 heterocycles. The van der Waals surface area contributed by atoms with E-state index in [4.69, 9.17) is 5.73 Å². The number of imidazole rings is 1. The second kappa shape index (κ2) is 5.67. The number of carbonyl (C=O) groups excluding carboxylic acids is 1. The summed E-state index contributed by atoms with van der Waals surface area (Å²) in [6, 6.07) is 7.40. The van der Waals surface area contributed by atoms with Gasteiger partial charge in [0.15, 0.2) is 0 Å². The quantitative estimate of drug-likeness (QED) is 0.894. The number of nitrogens with zero attached hydrogens (tertiary/aromatic N) is 3. The molecule has 0 saturated heterocycles. The van der Waals surface area contributed by atoms with Gasteiger partial charge in [-0.3, -0.25) is 4.79 Å². The molecule has 1 aromatic heterocycles. The van der Waals surface area contributed by atoms with Gasteiger partial charge in [0, 0.05) is 38.6 Å². The van der Waals surface area contributed by atoms with Crippen LogP contribution in [0.1, 0.15) is 21.7 Å².